The third-order valence-electron chi connectivity index (χ3n) is 1.53. The quantitative estimate of drug-likeness (QED) is 0.737. The minimum Gasteiger partial charge on any atom is -0.309 e. The molecular weight excluding hydrogens is 180 g/mol. The number of aliphatic imine (C=N–C) groups is 2. The summed E-state index contributed by atoms with van der Waals surface area (Å²) in [4.78, 5) is 22.2. The summed E-state index contributed by atoms with van der Waals surface area (Å²) in [5.74, 6) is 0.126. The van der Waals surface area contributed by atoms with E-state index in [-0.39, 0.29) is 5.91 Å². The maximum atomic E-state index is 10.8. The molecule has 0 saturated carbocycles. The molecule has 0 aliphatic carbocycles. The van der Waals surface area contributed by atoms with E-state index in [1.165, 1.54) is 13.1 Å². The molecule has 0 aliphatic heterocycles. The second-order valence-electron chi connectivity index (χ2n) is 2.52. The number of hydrogen-bond acceptors (Lipinski definition) is 4. The fourth-order valence-corrected chi connectivity index (χ4v) is 0.985. The van der Waals surface area contributed by atoms with Gasteiger partial charge in [-0.15, -0.1) is 0 Å². The van der Waals surface area contributed by atoms with E-state index >= 15 is 0 Å². The first-order valence-corrected chi connectivity index (χ1v) is 3.89. The molecule has 0 saturated heterocycles. The minimum absolute atomic E-state index is 0.219. The van der Waals surface area contributed by atoms with Gasteiger partial charge < -0.3 is 5.32 Å². The normalized spacial score (nSPS) is 9.21. The van der Waals surface area contributed by atoms with Crippen LogP contribution in [-0.2, 0) is 4.79 Å². The number of carbonyl (C=O) groups is 1. The summed E-state index contributed by atoms with van der Waals surface area (Å²) >= 11 is 0. The average Bonchev–Trinajstić information content (AvgIpc) is 2.16. The molecule has 5 nitrogen and oxygen atoms in total. The Balaban J connectivity index is 3.21. The number of pyridine rings is 1. The fraction of sp³-hybridized carbons (Fsp3) is 0.111. The van der Waals surface area contributed by atoms with Gasteiger partial charge in [-0.1, -0.05) is 0 Å². The zero-order valence-corrected chi connectivity index (χ0v) is 7.82. The van der Waals surface area contributed by atoms with E-state index in [1.807, 2.05) is 0 Å². The Morgan fingerprint density at radius 1 is 1.50 bits per heavy atom. The number of hydrogen-bond donors (Lipinski definition) is 1. The highest BCUT2D eigenvalue weighted by atomic mass is 16.1. The first-order valence-electron chi connectivity index (χ1n) is 3.89. The number of nitrogens with zero attached hydrogens (tertiary/aromatic N) is 3. The molecule has 1 heterocycles. The third-order valence-corrected chi connectivity index (χ3v) is 1.53. The summed E-state index contributed by atoms with van der Waals surface area (Å²) in [6.45, 7) is 8.15. The second kappa shape index (κ2) is 4.27. The van der Waals surface area contributed by atoms with Crippen molar-refractivity contribution in [2.45, 2.75) is 6.92 Å². The van der Waals surface area contributed by atoms with Gasteiger partial charge in [0.2, 0.25) is 5.91 Å². The lowest BCUT2D eigenvalue weighted by Gasteiger charge is -2.05. The minimum atomic E-state index is -0.219. The lowest BCUT2D eigenvalue weighted by atomic mass is 10.3. The van der Waals surface area contributed by atoms with Crippen LogP contribution in [0.25, 0.3) is 0 Å². The monoisotopic (exact) mass is 190 g/mol. The third kappa shape index (κ3) is 2.01. The van der Waals surface area contributed by atoms with E-state index in [9.17, 15) is 4.79 Å². The van der Waals surface area contributed by atoms with Crippen LogP contribution in [-0.4, -0.2) is 24.3 Å². The number of carbonyl (C=O) groups excluding carboxylic acids is 1. The lowest BCUT2D eigenvalue weighted by molar-refractivity contribution is -0.114. The van der Waals surface area contributed by atoms with Crippen LogP contribution < -0.4 is 5.32 Å². The Kier molecular flexibility index (Phi) is 3.06. The number of amides is 1. The van der Waals surface area contributed by atoms with Crippen LogP contribution in [0.1, 0.15) is 6.92 Å². The van der Waals surface area contributed by atoms with E-state index in [2.05, 4.69) is 33.7 Å². The van der Waals surface area contributed by atoms with Crippen molar-refractivity contribution >= 4 is 36.5 Å². The Hall–Kier alpha value is -2.04. The van der Waals surface area contributed by atoms with Crippen LogP contribution in [0.4, 0.5) is 17.2 Å². The molecule has 1 N–H and O–H groups in total. The van der Waals surface area contributed by atoms with Gasteiger partial charge in [-0.2, -0.15) is 0 Å². The largest absolute Gasteiger partial charge is 0.309 e. The molecule has 0 fully saturated rings. The van der Waals surface area contributed by atoms with Gasteiger partial charge in [0.15, 0.2) is 5.82 Å². The van der Waals surface area contributed by atoms with Gasteiger partial charge in [-0.3, -0.25) is 14.8 Å². The van der Waals surface area contributed by atoms with Crippen LogP contribution in [0.5, 0.6) is 0 Å². The summed E-state index contributed by atoms with van der Waals surface area (Å²) in [5, 5.41) is 2.53. The average molecular weight is 190 g/mol. The first kappa shape index (κ1) is 10.0. The van der Waals surface area contributed by atoms with Crippen LogP contribution >= 0.6 is 0 Å². The molecule has 72 valence electrons. The van der Waals surface area contributed by atoms with Gasteiger partial charge in [0.05, 0.1) is 5.69 Å². The Morgan fingerprint density at radius 2 is 2.21 bits per heavy atom. The Bertz CT molecular complexity index is 386. The van der Waals surface area contributed by atoms with Gasteiger partial charge in [0, 0.05) is 13.1 Å². The number of rotatable bonds is 3. The predicted octanol–water partition coefficient (Wildman–Crippen LogP) is 1.70. The van der Waals surface area contributed by atoms with Crippen molar-refractivity contribution in [3.8, 4) is 0 Å². The molecule has 1 aromatic rings. The molecule has 0 bridgehead atoms. The highest BCUT2D eigenvalue weighted by molar-refractivity contribution is 5.93. The van der Waals surface area contributed by atoms with E-state index in [0.29, 0.717) is 17.2 Å². The number of nitrogens with one attached hydrogen (secondary N) is 1. The van der Waals surface area contributed by atoms with Gasteiger partial charge in [0.1, 0.15) is 5.69 Å². The summed E-state index contributed by atoms with van der Waals surface area (Å²) in [6.07, 6.45) is 1.52. The molecule has 14 heavy (non-hydrogen) atoms. The van der Waals surface area contributed by atoms with Crippen LogP contribution in [0, 0.1) is 0 Å². The summed E-state index contributed by atoms with van der Waals surface area (Å²) in [5.41, 5.74) is 0.969. The van der Waals surface area contributed by atoms with E-state index in [0.717, 1.165) is 0 Å². The van der Waals surface area contributed by atoms with Gasteiger partial charge in [0.25, 0.3) is 0 Å². The van der Waals surface area contributed by atoms with Crippen molar-refractivity contribution in [3.05, 3.63) is 12.3 Å². The predicted molar refractivity (Wildman–Crippen MR) is 57.0 cm³/mol. The van der Waals surface area contributed by atoms with Gasteiger partial charge >= 0.3 is 0 Å². The first-order chi connectivity index (χ1) is 6.69. The zero-order chi connectivity index (χ0) is 10.6. The molecule has 0 aromatic carbocycles. The highest BCUT2D eigenvalue weighted by Crippen LogP contribution is 2.32. The Labute approximate surface area is 81.6 Å². The molecule has 1 aromatic heterocycles. The molecule has 1 amide bonds. The molecule has 1 rings (SSSR count). The molecule has 0 radical (unpaired) electrons. The summed E-state index contributed by atoms with van der Waals surface area (Å²) in [6, 6.07) is 1.64. The van der Waals surface area contributed by atoms with E-state index in [1.54, 1.807) is 6.07 Å². The van der Waals surface area contributed by atoms with Crippen molar-refractivity contribution in [1.82, 2.24) is 4.98 Å². The second-order valence-corrected chi connectivity index (χ2v) is 2.52. The van der Waals surface area contributed by atoms with Gasteiger partial charge in [-0.25, -0.2) is 4.98 Å². The van der Waals surface area contributed by atoms with E-state index in [4.69, 9.17) is 0 Å². The summed E-state index contributed by atoms with van der Waals surface area (Å²) in [7, 11) is 0. The van der Waals surface area contributed by atoms with Crippen molar-refractivity contribution < 1.29 is 4.79 Å². The lowest BCUT2D eigenvalue weighted by Crippen LogP contribution is -2.07. The smallest absolute Gasteiger partial charge is 0.222 e. The molecule has 0 unspecified atom stereocenters. The van der Waals surface area contributed by atoms with E-state index < -0.39 is 0 Å². The van der Waals surface area contributed by atoms with Crippen LogP contribution in [0.2, 0.25) is 0 Å². The number of anilines is 1. The molecule has 5 heteroatoms. The zero-order valence-electron chi connectivity index (χ0n) is 7.82. The van der Waals surface area contributed by atoms with Crippen molar-refractivity contribution in [2.75, 3.05) is 5.32 Å². The van der Waals surface area contributed by atoms with Crippen molar-refractivity contribution in [3.63, 3.8) is 0 Å². The SMILES string of the molecule is C=Nc1ccnc(NC(C)=O)c1N=C. The maximum Gasteiger partial charge on any atom is 0.222 e. The van der Waals surface area contributed by atoms with Crippen LogP contribution in [0.3, 0.4) is 0 Å². The Morgan fingerprint density at radius 3 is 2.71 bits per heavy atom. The van der Waals surface area contributed by atoms with Crippen LogP contribution in [0.15, 0.2) is 22.2 Å². The molecule has 0 spiro atoms. The molecule has 0 atom stereocenters. The summed E-state index contributed by atoms with van der Waals surface area (Å²) < 4.78 is 0. The van der Waals surface area contributed by atoms with Crippen molar-refractivity contribution in [2.24, 2.45) is 9.98 Å². The maximum absolute atomic E-state index is 10.8. The fourth-order valence-electron chi connectivity index (χ4n) is 0.985. The standard InChI is InChI=1S/C9H10N4O/c1-6(14)13-9-8(11-3)7(10-2)4-5-12-9/h4-5H,2-3H2,1H3,(H,12,13,14). The topological polar surface area (TPSA) is 66.7 Å². The highest BCUT2D eigenvalue weighted by Gasteiger charge is 2.07. The molecular formula is C9H10N4O. The van der Waals surface area contributed by atoms with Gasteiger partial charge in [-0.05, 0) is 19.5 Å². The number of aromatic nitrogens is 1. The molecule has 0 aliphatic rings. The van der Waals surface area contributed by atoms with Crippen molar-refractivity contribution in [1.29, 1.82) is 0 Å².